The molecule has 3 amide bonds. The van der Waals surface area contributed by atoms with E-state index in [1.807, 2.05) is 18.2 Å². The first-order chi connectivity index (χ1) is 26.3. The number of phenols is 1. The lowest BCUT2D eigenvalue weighted by atomic mass is 9.89. The van der Waals surface area contributed by atoms with E-state index in [2.05, 4.69) is 21.5 Å². The summed E-state index contributed by atoms with van der Waals surface area (Å²) >= 11 is 0. The SMILES string of the molecule is C=C1CN(c2c(O)cc3ccc(O/C=C4\CCN(C(=O)CN5CCC(c6ccc7c(c6)n(C)c(=O)n7C6CCC(=O)NC6=O)CC5)C4)cc3c2F)S(=O)(=O)N1. The van der Waals surface area contributed by atoms with Gasteiger partial charge in [-0.15, -0.1) is 0 Å². The molecule has 0 spiro atoms. The first-order valence-corrected chi connectivity index (χ1v) is 19.5. The number of amides is 3. The minimum absolute atomic E-state index is 0.0159. The van der Waals surface area contributed by atoms with Gasteiger partial charge in [0.25, 0.3) is 0 Å². The number of aryl methyl sites for hydroxylation is 1. The average Bonchev–Trinajstić information content (AvgIpc) is 3.81. The molecule has 15 nitrogen and oxygen atoms in total. The monoisotopic (exact) mass is 773 g/mol. The fraction of sp³-hybridized carbons (Fsp3) is 0.368. The summed E-state index contributed by atoms with van der Waals surface area (Å²) in [5.74, 6) is -1.66. The Morgan fingerprint density at radius 3 is 2.53 bits per heavy atom. The van der Waals surface area contributed by atoms with Gasteiger partial charge in [0.2, 0.25) is 17.7 Å². The summed E-state index contributed by atoms with van der Waals surface area (Å²) in [5, 5.41) is 13.3. The molecule has 4 fully saturated rings. The van der Waals surface area contributed by atoms with Crippen molar-refractivity contribution in [3.63, 3.8) is 0 Å². The van der Waals surface area contributed by atoms with Crippen LogP contribution in [0.3, 0.4) is 0 Å². The van der Waals surface area contributed by atoms with Gasteiger partial charge in [-0.3, -0.25) is 38.5 Å². The number of likely N-dealkylation sites (tertiary alicyclic amines) is 2. The van der Waals surface area contributed by atoms with Gasteiger partial charge in [0.15, 0.2) is 5.82 Å². The lowest BCUT2D eigenvalue weighted by Crippen LogP contribution is -2.44. The van der Waals surface area contributed by atoms with Crippen molar-refractivity contribution in [1.82, 2.24) is 29.0 Å². The number of aromatic hydroxyl groups is 1. The summed E-state index contributed by atoms with van der Waals surface area (Å²) in [7, 11) is -2.42. The molecule has 55 heavy (non-hydrogen) atoms. The topological polar surface area (TPSA) is 176 Å². The molecule has 0 saturated carbocycles. The van der Waals surface area contributed by atoms with Gasteiger partial charge in [0, 0.05) is 37.6 Å². The third-order valence-corrected chi connectivity index (χ3v) is 12.5. The molecule has 0 aliphatic carbocycles. The fourth-order valence-corrected chi connectivity index (χ4v) is 9.35. The fourth-order valence-electron chi connectivity index (χ4n) is 8.07. The summed E-state index contributed by atoms with van der Waals surface area (Å²) in [6.07, 6.45) is 4.32. The van der Waals surface area contributed by atoms with Crippen LogP contribution in [0.4, 0.5) is 10.1 Å². The normalized spacial score (nSPS) is 21.5. The molecule has 3 N–H and O–H groups in total. The second-order valence-electron chi connectivity index (χ2n) is 14.6. The number of phenolic OH excluding ortho intramolecular Hbond substituents is 1. The number of hydrogen-bond donors (Lipinski definition) is 3. The van der Waals surface area contributed by atoms with Gasteiger partial charge in [0.1, 0.15) is 23.2 Å². The highest BCUT2D eigenvalue weighted by Gasteiger charge is 2.36. The zero-order valence-electron chi connectivity index (χ0n) is 30.1. The summed E-state index contributed by atoms with van der Waals surface area (Å²) in [4.78, 5) is 54.7. The van der Waals surface area contributed by atoms with Crippen molar-refractivity contribution in [2.75, 3.05) is 43.6 Å². The molecule has 17 heteroatoms. The van der Waals surface area contributed by atoms with Crippen LogP contribution in [0.25, 0.3) is 21.8 Å². The number of aromatic nitrogens is 2. The average molecular weight is 774 g/mol. The smallest absolute Gasteiger partial charge is 0.329 e. The summed E-state index contributed by atoms with van der Waals surface area (Å²) < 4.78 is 52.5. The number of carbonyl (C=O) groups excluding carboxylic acids is 3. The van der Waals surface area contributed by atoms with Gasteiger partial charge in [0.05, 0.1) is 30.4 Å². The number of anilines is 1. The zero-order valence-corrected chi connectivity index (χ0v) is 30.9. The van der Waals surface area contributed by atoms with Crippen LogP contribution in [0.15, 0.2) is 71.4 Å². The molecule has 5 heterocycles. The predicted molar refractivity (Wildman–Crippen MR) is 201 cm³/mol. The Labute approximate surface area is 315 Å². The van der Waals surface area contributed by atoms with Crippen LogP contribution in [-0.2, 0) is 31.6 Å². The molecular formula is C38H40FN7O8S. The van der Waals surface area contributed by atoms with Crippen LogP contribution in [0.5, 0.6) is 11.5 Å². The number of ether oxygens (including phenoxy) is 1. The molecule has 288 valence electrons. The Morgan fingerprint density at radius 1 is 1.02 bits per heavy atom. The summed E-state index contributed by atoms with van der Waals surface area (Å²) in [5.41, 5.74) is 2.75. The molecule has 4 aliphatic rings. The Morgan fingerprint density at radius 2 is 1.80 bits per heavy atom. The highest BCUT2D eigenvalue weighted by atomic mass is 32.2. The maximum absolute atomic E-state index is 15.7. The summed E-state index contributed by atoms with van der Waals surface area (Å²) in [6, 6.07) is 11.1. The van der Waals surface area contributed by atoms with Crippen LogP contribution < -0.4 is 24.8 Å². The molecule has 1 unspecified atom stereocenters. The Balaban J connectivity index is 0.869. The molecular weight excluding hydrogens is 734 g/mol. The Bertz CT molecular complexity index is 2500. The van der Waals surface area contributed by atoms with E-state index in [-0.39, 0.29) is 60.4 Å². The van der Waals surface area contributed by atoms with Gasteiger partial charge in [-0.1, -0.05) is 18.7 Å². The largest absolute Gasteiger partial charge is 0.506 e. The van der Waals surface area contributed by atoms with E-state index in [0.717, 1.165) is 46.9 Å². The Kier molecular flexibility index (Phi) is 9.16. The number of nitrogens with zero attached hydrogens (tertiary/aromatic N) is 5. The minimum Gasteiger partial charge on any atom is -0.506 e. The molecule has 4 aromatic rings. The molecule has 0 bridgehead atoms. The number of fused-ring (bicyclic) bond motifs is 2. The second kappa shape index (κ2) is 13.9. The minimum atomic E-state index is -4.10. The maximum atomic E-state index is 15.7. The number of carbonyl (C=O) groups is 3. The van der Waals surface area contributed by atoms with E-state index in [4.69, 9.17) is 4.74 Å². The second-order valence-corrected chi connectivity index (χ2v) is 16.2. The van der Waals surface area contributed by atoms with Crippen molar-refractivity contribution >= 4 is 55.4 Å². The predicted octanol–water partition coefficient (Wildman–Crippen LogP) is 2.86. The van der Waals surface area contributed by atoms with Crippen LogP contribution in [0.1, 0.15) is 49.6 Å². The number of imide groups is 1. The van der Waals surface area contributed by atoms with Gasteiger partial charge in [-0.2, -0.15) is 8.42 Å². The number of nitrogens with one attached hydrogen (secondary N) is 2. The molecule has 3 aromatic carbocycles. The van der Waals surface area contributed by atoms with Crippen LogP contribution in [0.2, 0.25) is 0 Å². The molecule has 1 aromatic heterocycles. The third-order valence-electron chi connectivity index (χ3n) is 11.0. The Hall–Kier alpha value is -5.68. The zero-order chi connectivity index (χ0) is 38.8. The first kappa shape index (κ1) is 36.3. The lowest BCUT2D eigenvalue weighted by Gasteiger charge is -2.32. The first-order valence-electron chi connectivity index (χ1n) is 18.1. The van der Waals surface area contributed by atoms with Gasteiger partial charge in [-0.25, -0.2) is 13.5 Å². The third kappa shape index (κ3) is 6.71. The number of rotatable bonds is 7. The quantitative estimate of drug-likeness (QED) is 0.189. The van der Waals surface area contributed by atoms with E-state index in [1.54, 1.807) is 34.9 Å². The van der Waals surface area contributed by atoms with Gasteiger partial charge < -0.3 is 14.7 Å². The standard InChI is InChI=1S/C38H40FN7O8S/c1-22-18-45(55(52,53)41-22)36-32(47)16-26-3-5-27(17-28(26)35(36)39)54-21-23-9-14-44(19-23)34(49)20-43-12-10-24(11-13-43)25-4-6-29-31(15-25)42(2)38(51)46(29)30-7-8-33(48)40-37(30)50/h3-6,15-17,21,24,30,41,47H,1,7-14,18-20H2,2H3,(H,40,48,50)/b23-21+. The van der Waals surface area contributed by atoms with Crippen LogP contribution >= 0.6 is 0 Å². The van der Waals surface area contributed by atoms with Crippen molar-refractivity contribution in [3.8, 4) is 11.5 Å². The van der Waals surface area contributed by atoms with E-state index < -0.39 is 39.4 Å². The van der Waals surface area contributed by atoms with Crippen LogP contribution in [-0.4, -0.2) is 89.4 Å². The van der Waals surface area contributed by atoms with Crippen LogP contribution in [0, 0.1) is 5.82 Å². The molecule has 1 atom stereocenters. The summed E-state index contributed by atoms with van der Waals surface area (Å²) in [6.45, 7) is 6.07. The number of hydrogen-bond acceptors (Lipinski definition) is 9. The van der Waals surface area contributed by atoms with Gasteiger partial charge in [-0.05, 0) is 91.5 Å². The number of piperidine rings is 2. The number of benzene rings is 3. The lowest BCUT2D eigenvalue weighted by molar-refractivity contribution is -0.136. The van der Waals surface area contributed by atoms with E-state index in [9.17, 15) is 32.7 Å². The van der Waals surface area contributed by atoms with Crippen molar-refractivity contribution in [2.24, 2.45) is 7.05 Å². The molecule has 4 saturated heterocycles. The van der Waals surface area contributed by atoms with Crippen molar-refractivity contribution in [3.05, 3.63) is 88.4 Å². The van der Waals surface area contributed by atoms with Crippen molar-refractivity contribution in [2.45, 2.75) is 44.1 Å². The number of halogens is 1. The number of imidazole rings is 1. The van der Waals surface area contributed by atoms with E-state index >= 15 is 4.39 Å². The highest BCUT2D eigenvalue weighted by Crippen LogP contribution is 2.40. The maximum Gasteiger partial charge on any atom is 0.329 e. The van der Waals surface area contributed by atoms with Crippen molar-refractivity contribution in [1.29, 1.82) is 0 Å². The highest BCUT2D eigenvalue weighted by molar-refractivity contribution is 7.91. The van der Waals surface area contributed by atoms with E-state index in [0.29, 0.717) is 36.2 Å². The van der Waals surface area contributed by atoms with Crippen molar-refractivity contribution < 1.29 is 37.0 Å². The molecule has 8 rings (SSSR count). The molecule has 0 radical (unpaired) electrons. The van der Waals surface area contributed by atoms with Gasteiger partial charge >= 0.3 is 15.9 Å². The molecule has 4 aliphatic heterocycles. The van der Waals surface area contributed by atoms with E-state index in [1.165, 1.54) is 16.7 Å².